The van der Waals surface area contributed by atoms with E-state index >= 15 is 0 Å². The molecule has 0 bridgehead atoms. The topological polar surface area (TPSA) is 26.8 Å². The number of rotatable bonds is 3. The molecule has 0 radical (unpaired) electrons. The van der Waals surface area contributed by atoms with E-state index in [-0.39, 0.29) is 0 Å². The summed E-state index contributed by atoms with van der Waals surface area (Å²) in [7, 11) is 4.29. The Balaban J connectivity index is 1.53. The van der Waals surface area contributed by atoms with Crippen LogP contribution in [0.5, 0.6) is 0 Å². The molecule has 3 aliphatic rings. The number of likely N-dealkylation sites (tertiary alicyclic amines) is 1. The molecule has 1 unspecified atom stereocenters. The summed E-state index contributed by atoms with van der Waals surface area (Å²) in [6, 6.07) is 0. The Morgan fingerprint density at radius 2 is 2.08 bits per heavy atom. The van der Waals surface area contributed by atoms with Crippen LogP contribution in [0.4, 0.5) is 0 Å². The van der Waals surface area contributed by atoms with E-state index in [0.717, 1.165) is 32.5 Å². The van der Waals surface area contributed by atoms with E-state index < -0.39 is 0 Å². The first-order valence-corrected chi connectivity index (χ1v) is 10.0. The first kappa shape index (κ1) is 17.9. The molecule has 0 aromatic heterocycles. The molecule has 3 heterocycles. The lowest BCUT2D eigenvalue weighted by Gasteiger charge is -2.36. The molecule has 1 spiro atoms. The summed E-state index contributed by atoms with van der Waals surface area (Å²) in [6.45, 7) is 7.55. The van der Waals surface area contributed by atoms with Crippen LogP contribution in [0.15, 0.2) is 23.5 Å². The molecular formula is C19H31N3OS. The lowest BCUT2D eigenvalue weighted by Crippen LogP contribution is -2.44. The third kappa shape index (κ3) is 3.67. The van der Waals surface area contributed by atoms with Crippen LogP contribution in [0.2, 0.25) is 0 Å². The van der Waals surface area contributed by atoms with Gasteiger partial charge in [-0.2, -0.15) is 0 Å². The second kappa shape index (κ2) is 7.12. The Morgan fingerprint density at radius 3 is 2.71 bits per heavy atom. The van der Waals surface area contributed by atoms with E-state index in [9.17, 15) is 4.79 Å². The van der Waals surface area contributed by atoms with Gasteiger partial charge in [-0.3, -0.25) is 4.79 Å². The number of thioether (sulfide) groups is 1. The van der Waals surface area contributed by atoms with E-state index in [2.05, 4.69) is 54.9 Å². The van der Waals surface area contributed by atoms with Crippen molar-refractivity contribution in [2.75, 3.05) is 33.7 Å². The van der Waals surface area contributed by atoms with Crippen LogP contribution in [-0.4, -0.2) is 64.5 Å². The van der Waals surface area contributed by atoms with Crippen molar-refractivity contribution in [2.24, 2.45) is 0 Å². The quantitative estimate of drug-likeness (QED) is 0.781. The van der Waals surface area contributed by atoms with Gasteiger partial charge >= 0.3 is 0 Å². The average molecular weight is 350 g/mol. The molecule has 0 N–H and O–H groups in total. The summed E-state index contributed by atoms with van der Waals surface area (Å²) in [4.78, 5) is 19.5. The predicted octanol–water partition coefficient (Wildman–Crippen LogP) is 3.28. The van der Waals surface area contributed by atoms with Crippen molar-refractivity contribution < 1.29 is 4.79 Å². The number of carbonyl (C=O) groups is 1. The van der Waals surface area contributed by atoms with Crippen molar-refractivity contribution in [3.63, 3.8) is 0 Å². The number of nitrogens with zero attached hydrogens (tertiary/aromatic N) is 3. The number of carbonyl (C=O) groups excluding carboxylic acids is 1. The van der Waals surface area contributed by atoms with E-state index in [0.29, 0.717) is 22.4 Å². The normalized spacial score (nSPS) is 28.9. The highest BCUT2D eigenvalue weighted by atomic mass is 32.2. The van der Waals surface area contributed by atoms with Gasteiger partial charge in [0.2, 0.25) is 5.91 Å². The maximum atomic E-state index is 12.8. The number of hydrogen-bond donors (Lipinski definition) is 0. The largest absolute Gasteiger partial charge is 0.354 e. The van der Waals surface area contributed by atoms with Gasteiger partial charge in [0.05, 0.1) is 5.37 Å². The number of amides is 1. The molecule has 2 fully saturated rings. The Kier molecular flexibility index (Phi) is 5.30. The van der Waals surface area contributed by atoms with Crippen molar-refractivity contribution in [3.8, 4) is 0 Å². The Bertz CT molecular complexity index is 549. The van der Waals surface area contributed by atoms with E-state index in [1.807, 2.05) is 11.8 Å². The fourth-order valence-corrected chi connectivity index (χ4v) is 5.80. The highest BCUT2D eigenvalue weighted by molar-refractivity contribution is 8.01. The molecule has 0 aliphatic carbocycles. The van der Waals surface area contributed by atoms with Crippen LogP contribution in [0.3, 0.4) is 0 Å². The van der Waals surface area contributed by atoms with Crippen molar-refractivity contribution in [1.29, 1.82) is 0 Å². The molecule has 134 valence electrons. The van der Waals surface area contributed by atoms with Crippen LogP contribution in [-0.2, 0) is 4.79 Å². The molecule has 1 atom stereocenters. The second-order valence-corrected chi connectivity index (χ2v) is 9.36. The van der Waals surface area contributed by atoms with Crippen LogP contribution >= 0.6 is 11.8 Å². The molecule has 0 saturated carbocycles. The minimum Gasteiger partial charge on any atom is -0.354 e. The van der Waals surface area contributed by atoms with Gasteiger partial charge in [-0.05, 0) is 58.8 Å². The third-order valence-electron chi connectivity index (χ3n) is 5.77. The SMILES string of the molecule is C/C=C1\CC(CCC(=O)N2CC3(CCN(C)CC3)SC2C)=CN1C. The van der Waals surface area contributed by atoms with Gasteiger partial charge in [-0.1, -0.05) is 6.08 Å². The Labute approximate surface area is 150 Å². The molecule has 3 rings (SSSR count). The van der Waals surface area contributed by atoms with E-state index in [1.54, 1.807) is 0 Å². The van der Waals surface area contributed by atoms with E-state index in [4.69, 9.17) is 0 Å². The summed E-state index contributed by atoms with van der Waals surface area (Å²) < 4.78 is 0.312. The molecule has 3 aliphatic heterocycles. The maximum absolute atomic E-state index is 12.8. The summed E-state index contributed by atoms with van der Waals surface area (Å²) in [5.41, 5.74) is 2.72. The van der Waals surface area contributed by atoms with Gasteiger partial charge in [0.25, 0.3) is 0 Å². The molecule has 24 heavy (non-hydrogen) atoms. The minimum absolute atomic E-state index is 0.312. The van der Waals surface area contributed by atoms with Crippen molar-refractivity contribution in [3.05, 3.63) is 23.5 Å². The van der Waals surface area contributed by atoms with Crippen LogP contribution < -0.4 is 0 Å². The summed E-state index contributed by atoms with van der Waals surface area (Å²) in [5, 5.41) is 0.326. The molecule has 0 aromatic carbocycles. The van der Waals surface area contributed by atoms with Gasteiger partial charge in [0.15, 0.2) is 0 Å². The van der Waals surface area contributed by atoms with Gasteiger partial charge in [0.1, 0.15) is 0 Å². The summed E-state index contributed by atoms with van der Waals surface area (Å²) in [6.07, 6.45) is 9.33. The number of allylic oxidation sites excluding steroid dienone is 2. The van der Waals surface area contributed by atoms with Gasteiger partial charge in [0, 0.05) is 43.1 Å². The first-order chi connectivity index (χ1) is 11.4. The zero-order valence-corrected chi connectivity index (χ0v) is 16.4. The number of hydrogen-bond acceptors (Lipinski definition) is 4. The Hall–Kier alpha value is -0.940. The molecule has 2 saturated heterocycles. The lowest BCUT2D eigenvalue weighted by molar-refractivity contribution is -0.131. The zero-order valence-electron chi connectivity index (χ0n) is 15.5. The fourth-order valence-electron chi connectivity index (χ4n) is 4.12. The predicted molar refractivity (Wildman–Crippen MR) is 102 cm³/mol. The van der Waals surface area contributed by atoms with Crippen molar-refractivity contribution >= 4 is 17.7 Å². The highest BCUT2D eigenvalue weighted by Gasteiger charge is 2.45. The van der Waals surface area contributed by atoms with Crippen molar-refractivity contribution in [2.45, 2.75) is 56.1 Å². The molecular weight excluding hydrogens is 318 g/mol. The summed E-state index contributed by atoms with van der Waals surface area (Å²) in [5.74, 6) is 0.336. The highest BCUT2D eigenvalue weighted by Crippen LogP contribution is 2.46. The average Bonchev–Trinajstić information content (AvgIpc) is 3.08. The van der Waals surface area contributed by atoms with Crippen LogP contribution in [0, 0.1) is 0 Å². The number of piperidine rings is 1. The standard InChI is InChI=1S/C19H31N3OS/c1-5-17-12-16(13-21(17)4)6-7-18(23)22-14-19(24-15(22)2)8-10-20(3)11-9-19/h5,13,15H,6-12,14H2,1-4H3/b17-5+. The zero-order chi connectivity index (χ0) is 17.3. The van der Waals surface area contributed by atoms with Crippen LogP contribution in [0.25, 0.3) is 0 Å². The fraction of sp³-hybridized carbons (Fsp3) is 0.737. The molecule has 0 aromatic rings. The third-order valence-corrected chi connectivity index (χ3v) is 7.40. The van der Waals surface area contributed by atoms with E-state index in [1.165, 1.54) is 24.1 Å². The molecule has 1 amide bonds. The maximum Gasteiger partial charge on any atom is 0.223 e. The van der Waals surface area contributed by atoms with Gasteiger partial charge in [-0.25, -0.2) is 0 Å². The minimum atomic E-state index is 0.312. The van der Waals surface area contributed by atoms with Crippen LogP contribution in [0.1, 0.15) is 46.0 Å². The Morgan fingerprint density at radius 1 is 1.38 bits per heavy atom. The monoisotopic (exact) mass is 349 g/mol. The molecule has 4 nitrogen and oxygen atoms in total. The first-order valence-electron chi connectivity index (χ1n) is 9.16. The van der Waals surface area contributed by atoms with Crippen molar-refractivity contribution in [1.82, 2.24) is 14.7 Å². The summed E-state index contributed by atoms with van der Waals surface area (Å²) >= 11 is 2.04. The van der Waals surface area contributed by atoms with Gasteiger partial charge < -0.3 is 14.7 Å². The van der Waals surface area contributed by atoms with Gasteiger partial charge in [-0.15, -0.1) is 11.8 Å². The molecule has 5 heteroatoms. The smallest absolute Gasteiger partial charge is 0.223 e. The lowest BCUT2D eigenvalue weighted by atomic mass is 9.95. The second-order valence-electron chi connectivity index (χ2n) is 7.58.